The van der Waals surface area contributed by atoms with Crippen LogP contribution in [0.4, 0.5) is 17.6 Å². The van der Waals surface area contributed by atoms with Crippen molar-refractivity contribution in [3.8, 4) is 0 Å². The van der Waals surface area contributed by atoms with Gasteiger partial charge in [-0.25, -0.2) is 26.0 Å². The van der Waals surface area contributed by atoms with Crippen LogP contribution < -0.4 is 0 Å². The summed E-state index contributed by atoms with van der Waals surface area (Å²) in [6.07, 6.45) is -3.41. The van der Waals surface area contributed by atoms with Crippen molar-refractivity contribution in [3.63, 3.8) is 0 Å². The van der Waals surface area contributed by atoms with E-state index < -0.39 is 60.9 Å². The fourth-order valence-electron chi connectivity index (χ4n) is 3.73. The number of halogens is 4. The number of alkyl halides is 4. The first-order valence-corrected chi connectivity index (χ1v) is 13.4. The molecule has 4 unspecified atom stereocenters. The van der Waals surface area contributed by atoms with Gasteiger partial charge in [-0.2, -0.15) is 8.42 Å². The lowest BCUT2D eigenvalue weighted by Crippen LogP contribution is -2.62. The van der Waals surface area contributed by atoms with E-state index in [2.05, 4.69) is 6.92 Å². The molecular formula is C18H32F4O5S2. The summed E-state index contributed by atoms with van der Waals surface area (Å²) in [5.74, 6) is -0.634. The van der Waals surface area contributed by atoms with Crippen molar-refractivity contribution in [1.29, 1.82) is 0 Å². The zero-order chi connectivity index (χ0) is 22.2. The van der Waals surface area contributed by atoms with Crippen molar-refractivity contribution in [3.05, 3.63) is 0 Å². The van der Waals surface area contributed by atoms with E-state index in [4.69, 9.17) is 4.55 Å². The molecule has 0 aliphatic heterocycles. The number of unbranched alkanes of at least 4 members (excludes halogenated alkanes) is 9. The Bertz CT molecular complexity index is 670. The number of sulfone groups is 1. The van der Waals surface area contributed by atoms with Gasteiger partial charge < -0.3 is 0 Å². The Morgan fingerprint density at radius 1 is 0.621 bits per heavy atom. The molecule has 1 rings (SSSR count). The molecule has 0 bridgehead atoms. The van der Waals surface area contributed by atoms with Gasteiger partial charge in [-0.15, -0.1) is 0 Å². The highest BCUT2D eigenvalue weighted by Gasteiger charge is 2.61. The SMILES string of the molecule is CCCCCCCCCCCCS(=O)(=O)C1C(F)C(F)C(S(=O)(=O)O)C(F)C1F. The van der Waals surface area contributed by atoms with Crippen LogP contribution in [0.25, 0.3) is 0 Å². The van der Waals surface area contributed by atoms with E-state index in [9.17, 15) is 34.4 Å². The maximum absolute atomic E-state index is 14.2. The van der Waals surface area contributed by atoms with Gasteiger partial charge in [0, 0.05) is 0 Å². The summed E-state index contributed by atoms with van der Waals surface area (Å²) >= 11 is 0. The zero-order valence-corrected chi connectivity index (χ0v) is 18.3. The molecule has 1 fully saturated rings. The first kappa shape index (κ1) is 26.6. The van der Waals surface area contributed by atoms with E-state index in [0.29, 0.717) is 6.42 Å². The van der Waals surface area contributed by atoms with E-state index in [0.717, 1.165) is 38.5 Å². The van der Waals surface area contributed by atoms with Crippen LogP contribution in [0.1, 0.15) is 71.1 Å². The van der Waals surface area contributed by atoms with Gasteiger partial charge in [0.1, 0.15) is 5.25 Å². The molecule has 4 atom stereocenters. The summed E-state index contributed by atoms with van der Waals surface area (Å²) in [5.41, 5.74) is 0. The van der Waals surface area contributed by atoms with E-state index in [1.165, 1.54) is 12.8 Å². The molecule has 0 saturated heterocycles. The van der Waals surface area contributed by atoms with E-state index in [-0.39, 0.29) is 6.42 Å². The molecule has 0 aromatic rings. The summed E-state index contributed by atoms with van der Waals surface area (Å²) in [6.45, 7) is 2.13. The van der Waals surface area contributed by atoms with Crippen molar-refractivity contribution in [2.75, 3.05) is 5.75 Å². The molecule has 174 valence electrons. The van der Waals surface area contributed by atoms with Gasteiger partial charge in [-0.3, -0.25) is 4.55 Å². The Morgan fingerprint density at radius 3 is 1.34 bits per heavy atom. The van der Waals surface area contributed by atoms with Crippen molar-refractivity contribution in [2.45, 2.75) is 106 Å². The first-order valence-electron chi connectivity index (χ1n) is 10.2. The second kappa shape index (κ2) is 11.8. The van der Waals surface area contributed by atoms with Crippen molar-refractivity contribution >= 4 is 20.0 Å². The Morgan fingerprint density at radius 2 is 0.966 bits per heavy atom. The first-order chi connectivity index (χ1) is 13.4. The van der Waals surface area contributed by atoms with Gasteiger partial charge in [-0.1, -0.05) is 64.7 Å². The molecule has 5 nitrogen and oxygen atoms in total. The predicted octanol–water partition coefficient (Wildman–Crippen LogP) is 4.31. The third-order valence-electron chi connectivity index (χ3n) is 5.40. The standard InChI is InChI=1S/C18H32F4O5S2/c1-2-3-4-5-6-7-8-9-10-11-12-28(23,24)17-13(19)15(21)18(29(25,26)27)16(22)14(17)20/h13-18H,2-12H2,1H3,(H,25,26,27). The number of hydrogen-bond donors (Lipinski definition) is 1. The molecule has 0 aromatic heterocycles. The molecule has 11 heteroatoms. The lowest BCUT2D eigenvalue weighted by molar-refractivity contribution is 0.0198. The highest BCUT2D eigenvalue weighted by Crippen LogP contribution is 2.37. The summed E-state index contributed by atoms with van der Waals surface area (Å²) in [6, 6.07) is 0. The Labute approximate surface area is 171 Å². The molecule has 1 N–H and O–H groups in total. The van der Waals surface area contributed by atoms with Crippen LogP contribution in [0.5, 0.6) is 0 Å². The molecular weight excluding hydrogens is 436 g/mol. The van der Waals surface area contributed by atoms with E-state index in [1.807, 2.05) is 0 Å². The lowest BCUT2D eigenvalue weighted by atomic mass is 9.92. The fraction of sp³-hybridized carbons (Fsp3) is 1.00. The van der Waals surface area contributed by atoms with Crippen LogP contribution in [-0.2, 0) is 20.0 Å². The summed E-state index contributed by atoms with van der Waals surface area (Å²) in [5, 5.41) is -5.60. The third kappa shape index (κ3) is 7.65. The van der Waals surface area contributed by atoms with Crippen LogP contribution in [0, 0.1) is 0 Å². The van der Waals surface area contributed by atoms with E-state index >= 15 is 0 Å². The molecule has 0 amide bonds. The average molecular weight is 469 g/mol. The van der Waals surface area contributed by atoms with Gasteiger partial charge in [0.05, 0.1) is 5.75 Å². The number of rotatable bonds is 13. The summed E-state index contributed by atoms with van der Waals surface area (Å²) in [7, 11) is -9.95. The minimum Gasteiger partial charge on any atom is -0.285 e. The van der Waals surface area contributed by atoms with E-state index in [1.54, 1.807) is 0 Å². The monoisotopic (exact) mass is 468 g/mol. The van der Waals surface area contributed by atoms with Gasteiger partial charge in [0.15, 0.2) is 39.8 Å². The molecule has 0 radical (unpaired) electrons. The largest absolute Gasteiger partial charge is 0.285 e. The minimum atomic E-state index is -5.42. The van der Waals surface area contributed by atoms with Crippen LogP contribution in [0.3, 0.4) is 0 Å². The Hall–Kier alpha value is -0.420. The Balaban J connectivity index is 2.51. The third-order valence-corrected chi connectivity index (χ3v) is 8.82. The van der Waals surface area contributed by atoms with Crippen LogP contribution in [0.15, 0.2) is 0 Å². The van der Waals surface area contributed by atoms with Gasteiger partial charge >= 0.3 is 0 Å². The molecule has 0 heterocycles. The van der Waals surface area contributed by atoms with Crippen molar-refractivity contribution in [2.24, 2.45) is 0 Å². The second-order valence-electron chi connectivity index (χ2n) is 7.77. The zero-order valence-electron chi connectivity index (χ0n) is 16.7. The average Bonchev–Trinajstić information content (AvgIpc) is 2.60. The minimum absolute atomic E-state index is 0.101. The molecule has 1 aliphatic rings. The van der Waals surface area contributed by atoms with Crippen LogP contribution >= 0.6 is 0 Å². The smallest absolute Gasteiger partial charge is 0.273 e. The maximum Gasteiger partial charge on any atom is 0.273 e. The molecule has 1 aliphatic carbocycles. The topological polar surface area (TPSA) is 88.5 Å². The second-order valence-corrected chi connectivity index (χ2v) is 11.6. The lowest BCUT2D eigenvalue weighted by Gasteiger charge is -2.37. The van der Waals surface area contributed by atoms with Crippen LogP contribution in [-0.4, -0.2) is 62.3 Å². The maximum atomic E-state index is 14.2. The highest BCUT2D eigenvalue weighted by molar-refractivity contribution is 7.92. The summed E-state index contributed by atoms with van der Waals surface area (Å²) < 4.78 is 112. The highest BCUT2D eigenvalue weighted by atomic mass is 32.2. The molecule has 1 saturated carbocycles. The molecule has 0 aromatic carbocycles. The normalized spacial score (nSPS) is 31.1. The quantitative estimate of drug-likeness (QED) is 0.247. The van der Waals surface area contributed by atoms with Crippen molar-refractivity contribution in [1.82, 2.24) is 0 Å². The van der Waals surface area contributed by atoms with Gasteiger partial charge in [-0.05, 0) is 6.42 Å². The molecule has 0 spiro atoms. The van der Waals surface area contributed by atoms with Gasteiger partial charge in [0.25, 0.3) is 10.1 Å². The Kier molecular flexibility index (Phi) is 10.9. The number of hydrogen-bond acceptors (Lipinski definition) is 4. The van der Waals surface area contributed by atoms with Crippen LogP contribution in [0.2, 0.25) is 0 Å². The van der Waals surface area contributed by atoms with Crippen molar-refractivity contribution < 1.29 is 39.0 Å². The van der Waals surface area contributed by atoms with Gasteiger partial charge in [0.2, 0.25) is 0 Å². The molecule has 29 heavy (non-hydrogen) atoms. The fourth-order valence-corrected chi connectivity index (χ4v) is 6.66. The predicted molar refractivity (Wildman–Crippen MR) is 104 cm³/mol. The summed E-state index contributed by atoms with van der Waals surface area (Å²) in [4.78, 5) is 0.